The van der Waals surface area contributed by atoms with E-state index in [1.807, 2.05) is 13.1 Å². The van der Waals surface area contributed by atoms with E-state index in [1.54, 1.807) is 6.33 Å². The molecule has 0 saturated carbocycles. The summed E-state index contributed by atoms with van der Waals surface area (Å²) < 4.78 is 0. The lowest BCUT2D eigenvalue weighted by Crippen LogP contribution is -2.30. The summed E-state index contributed by atoms with van der Waals surface area (Å²) in [4.78, 5) is 11.0. The Balaban J connectivity index is 2.03. The second-order valence-electron chi connectivity index (χ2n) is 4.94. The molecule has 1 aliphatic heterocycles. The van der Waals surface area contributed by atoms with Crippen LogP contribution in [0.25, 0.3) is 0 Å². The SMILES string of the molecule is CC[C@@H](C)Nc1cc(N2CC[C@@H](NC)C2)ncn1. The molecule has 18 heavy (non-hydrogen) atoms. The van der Waals surface area contributed by atoms with E-state index in [1.165, 1.54) is 6.42 Å². The molecule has 1 aliphatic rings. The number of nitrogens with zero attached hydrogens (tertiary/aromatic N) is 3. The van der Waals surface area contributed by atoms with Crippen LogP contribution in [0.5, 0.6) is 0 Å². The molecule has 0 unspecified atom stereocenters. The van der Waals surface area contributed by atoms with Crippen molar-refractivity contribution >= 4 is 11.6 Å². The zero-order valence-corrected chi connectivity index (χ0v) is 11.5. The fraction of sp³-hybridized carbons (Fsp3) is 0.692. The van der Waals surface area contributed by atoms with Crippen LogP contribution < -0.4 is 15.5 Å². The third-order valence-electron chi connectivity index (χ3n) is 3.58. The van der Waals surface area contributed by atoms with Crippen molar-refractivity contribution in [1.29, 1.82) is 0 Å². The Labute approximate surface area is 109 Å². The van der Waals surface area contributed by atoms with Crippen LogP contribution in [0, 0.1) is 0 Å². The first-order chi connectivity index (χ1) is 8.72. The summed E-state index contributed by atoms with van der Waals surface area (Å²) in [5.74, 6) is 1.94. The van der Waals surface area contributed by atoms with Crippen molar-refractivity contribution in [2.45, 2.75) is 38.8 Å². The van der Waals surface area contributed by atoms with Crippen LogP contribution in [-0.2, 0) is 0 Å². The van der Waals surface area contributed by atoms with Crippen LogP contribution >= 0.6 is 0 Å². The Morgan fingerprint density at radius 1 is 1.50 bits per heavy atom. The highest BCUT2D eigenvalue weighted by Crippen LogP contribution is 2.20. The average Bonchev–Trinajstić information content (AvgIpc) is 2.87. The van der Waals surface area contributed by atoms with Gasteiger partial charge in [0.2, 0.25) is 0 Å². The van der Waals surface area contributed by atoms with Crippen molar-refractivity contribution in [3.05, 3.63) is 12.4 Å². The van der Waals surface area contributed by atoms with Gasteiger partial charge in [0.1, 0.15) is 18.0 Å². The van der Waals surface area contributed by atoms with Gasteiger partial charge in [-0.1, -0.05) is 6.92 Å². The molecule has 5 nitrogen and oxygen atoms in total. The minimum absolute atomic E-state index is 0.441. The van der Waals surface area contributed by atoms with Crippen LogP contribution in [-0.4, -0.2) is 42.2 Å². The molecule has 2 atom stereocenters. The van der Waals surface area contributed by atoms with E-state index in [0.717, 1.165) is 31.1 Å². The Morgan fingerprint density at radius 3 is 3.00 bits per heavy atom. The van der Waals surface area contributed by atoms with Crippen LogP contribution in [0.4, 0.5) is 11.6 Å². The molecule has 1 aromatic rings. The van der Waals surface area contributed by atoms with E-state index in [9.17, 15) is 0 Å². The molecule has 0 aromatic carbocycles. The quantitative estimate of drug-likeness (QED) is 0.828. The molecule has 5 heteroatoms. The summed E-state index contributed by atoms with van der Waals surface area (Å²) in [6.07, 6.45) is 3.91. The molecule has 1 fully saturated rings. The topological polar surface area (TPSA) is 53.1 Å². The van der Waals surface area contributed by atoms with Crippen molar-refractivity contribution < 1.29 is 0 Å². The second-order valence-corrected chi connectivity index (χ2v) is 4.94. The van der Waals surface area contributed by atoms with Gasteiger partial charge in [0, 0.05) is 31.2 Å². The third-order valence-corrected chi connectivity index (χ3v) is 3.58. The highest BCUT2D eigenvalue weighted by molar-refractivity contribution is 5.49. The maximum atomic E-state index is 4.37. The maximum Gasteiger partial charge on any atom is 0.134 e. The van der Waals surface area contributed by atoms with Gasteiger partial charge >= 0.3 is 0 Å². The smallest absolute Gasteiger partial charge is 0.134 e. The first-order valence-corrected chi connectivity index (χ1v) is 6.73. The number of nitrogens with one attached hydrogen (secondary N) is 2. The third kappa shape index (κ3) is 3.10. The number of hydrogen-bond acceptors (Lipinski definition) is 5. The predicted molar refractivity (Wildman–Crippen MR) is 75.1 cm³/mol. The van der Waals surface area contributed by atoms with Crippen LogP contribution in [0.1, 0.15) is 26.7 Å². The molecule has 1 aromatic heterocycles. The van der Waals surface area contributed by atoms with E-state index >= 15 is 0 Å². The molecule has 0 bridgehead atoms. The first-order valence-electron chi connectivity index (χ1n) is 6.73. The molecule has 2 heterocycles. The summed E-state index contributed by atoms with van der Waals surface area (Å²) in [5, 5.41) is 6.71. The fourth-order valence-corrected chi connectivity index (χ4v) is 2.16. The normalized spacial score (nSPS) is 21.1. The van der Waals surface area contributed by atoms with E-state index in [4.69, 9.17) is 0 Å². The van der Waals surface area contributed by atoms with Gasteiger partial charge in [0.25, 0.3) is 0 Å². The Bertz CT molecular complexity index is 381. The van der Waals surface area contributed by atoms with Gasteiger partial charge < -0.3 is 15.5 Å². The summed E-state index contributed by atoms with van der Waals surface area (Å²) in [6, 6.07) is 3.06. The Kier molecular flexibility index (Phi) is 4.36. The number of hydrogen-bond donors (Lipinski definition) is 2. The van der Waals surface area contributed by atoms with Gasteiger partial charge in [-0.25, -0.2) is 9.97 Å². The van der Waals surface area contributed by atoms with E-state index < -0.39 is 0 Å². The molecular weight excluding hydrogens is 226 g/mol. The van der Waals surface area contributed by atoms with Crippen molar-refractivity contribution in [1.82, 2.24) is 15.3 Å². The highest BCUT2D eigenvalue weighted by atomic mass is 15.2. The van der Waals surface area contributed by atoms with E-state index in [-0.39, 0.29) is 0 Å². The Morgan fingerprint density at radius 2 is 2.33 bits per heavy atom. The van der Waals surface area contributed by atoms with Crippen LogP contribution in [0.3, 0.4) is 0 Å². The lowest BCUT2D eigenvalue weighted by molar-refractivity contribution is 0.616. The number of rotatable bonds is 5. The zero-order valence-electron chi connectivity index (χ0n) is 11.5. The minimum Gasteiger partial charge on any atom is -0.367 e. The number of likely N-dealkylation sites (N-methyl/N-ethyl adjacent to an activating group) is 1. The molecule has 2 N–H and O–H groups in total. The summed E-state index contributed by atoms with van der Waals surface area (Å²) in [6.45, 7) is 6.41. The van der Waals surface area contributed by atoms with E-state index in [2.05, 4.69) is 39.3 Å². The average molecular weight is 249 g/mol. The number of aromatic nitrogens is 2. The van der Waals surface area contributed by atoms with Crippen LogP contribution in [0.2, 0.25) is 0 Å². The van der Waals surface area contributed by atoms with Gasteiger partial charge in [0.05, 0.1) is 0 Å². The van der Waals surface area contributed by atoms with Gasteiger partial charge in [-0.2, -0.15) is 0 Å². The standard InChI is InChI=1S/C13H23N5/c1-4-10(2)17-12-7-13(16-9-15-12)18-6-5-11(8-18)14-3/h7,9-11,14H,4-6,8H2,1-3H3,(H,15,16,17)/t10-,11-/m1/s1. The Hall–Kier alpha value is -1.36. The molecule has 100 valence electrons. The molecule has 2 rings (SSSR count). The summed E-state index contributed by atoms with van der Waals surface area (Å²) in [7, 11) is 2.02. The summed E-state index contributed by atoms with van der Waals surface area (Å²) >= 11 is 0. The second kappa shape index (κ2) is 6.00. The van der Waals surface area contributed by atoms with Crippen molar-refractivity contribution in [2.24, 2.45) is 0 Å². The highest BCUT2D eigenvalue weighted by Gasteiger charge is 2.22. The fourth-order valence-electron chi connectivity index (χ4n) is 2.16. The lowest BCUT2D eigenvalue weighted by atomic mass is 10.2. The minimum atomic E-state index is 0.441. The van der Waals surface area contributed by atoms with Crippen LogP contribution in [0.15, 0.2) is 12.4 Å². The predicted octanol–water partition coefficient (Wildman–Crippen LogP) is 1.49. The van der Waals surface area contributed by atoms with Crippen molar-refractivity contribution in [2.75, 3.05) is 30.4 Å². The maximum absolute atomic E-state index is 4.37. The van der Waals surface area contributed by atoms with Crippen molar-refractivity contribution in [3.8, 4) is 0 Å². The molecule has 1 saturated heterocycles. The largest absolute Gasteiger partial charge is 0.367 e. The van der Waals surface area contributed by atoms with Crippen molar-refractivity contribution in [3.63, 3.8) is 0 Å². The van der Waals surface area contributed by atoms with E-state index in [0.29, 0.717) is 12.1 Å². The summed E-state index contributed by atoms with van der Waals surface area (Å²) in [5.41, 5.74) is 0. The molecule has 0 radical (unpaired) electrons. The molecular formula is C13H23N5. The number of anilines is 2. The molecule has 0 amide bonds. The molecule has 0 spiro atoms. The van der Waals surface area contributed by atoms with Gasteiger partial charge in [-0.15, -0.1) is 0 Å². The van der Waals surface area contributed by atoms with Gasteiger partial charge in [-0.3, -0.25) is 0 Å². The molecule has 0 aliphatic carbocycles. The lowest BCUT2D eigenvalue weighted by Gasteiger charge is -2.19. The van der Waals surface area contributed by atoms with Gasteiger partial charge in [0.15, 0.2) is 0 Å². The van der Waals surface area contributed by atoms with Gasteiger partial charge in [-0.05, 0) is 26.8 Å². The first kappa shape index (κ1) is 13.1. The zero-order chi connectivity index (χ0) is 13.0. The monoisotopic (exact) mass is 249 g/mol.